The fraction of sp³-hybridized carbons (Fsp3) is 0.333. The van der Waals surface area contributed by atoms with E-state index in [1.807, 2.05) is 0 Å². The van der Waals surface area contributed by atoms with Crippen LogP contribution in [-0.4, -0.2) is 28.5 Å². The van der Waals surface area contributed by atoms with Crippen LogP contribution in [-0.2, 0) is 4.79 Å². The maximum absolute atomic E-state index is 11.7. The Morgan fingerprint density at radius 1 is 1.35 bits per heavy atom. The number of nitrogens with zero attached hydrogens (tertiary/aromatic N) is 1. The van der Waals surface area contributed by atoms with E-state index in [-0.39, 0.29) is 23.4 Å². The molecule has 0 atom stereocenters. The zero-order valence-corrected chi connectivity index (χ0v) is 10.7. The van der Waals surface area contributed by atoms with Crippen LogP contribution in [0, 0.1) is 10.1 Å². The number of benzene rings is 1. The van der Waals surface area contributed by atoms with E-state index in [0.29, 0.717) is 19.4 Å². The molecule has 1 aromatic rings. The molecule has 0 heterocycles. The molecule has 0 aliphatic carbocycles. The van der Waals surface area contributed by atoms with E-state index in [2.05, 4.69) is 5.32 Å². The van der Waals surface area contributed by atoms with Crippen LogP contribution in [0.1, 0.15) is 29.6 Å². The average Bonchev–Trinajstić information content (AvgIpc) is 2.37. The van der Waals surface area contributed by atoms with Gasteiger partial charge >= 0.3 is 5.97 Å². The predicted octanol–water partition coefficient (Wildman–Crippen LogP) is 1.16. The van der Waals surface area contributed by atoms with Crippen LogP contribution in [0.4, 0.5) is 11.4 Å². The molecule has 4 N–H and O–H groups in total. The molecular formula is C12H15N3O5. The summed E-state index contributed by atoms with van der Waals surface area (Å²) >= 11 is 0. The first-order valence-corrected chi connectivity index (χ1v) is 5.95. The molecule has 0 bridgehead atoms. The number of carbonyl (C=O) groups excluding carboxylic acids is 1. The molecular weight excluding hydrogens is 266 g/mol. The smallest absolute Gasteiger partial charge is 0.303 e. The Morgan fingerprint density at radius 3 is 2.65 bits per heavy atom. The van der Waals surface area contributed by atoms with Crippen molar-refractivity contribution >= 4 is 23.3 Å². The fourth-order valence-corrected chi connectivity index (χ4v) is 1.55. The number of rotatable bonds is 7. The summed E-state index contributed by atoms with van der Waals surface area (Å²) in [5.74, 6) is -1.34. The highest BCUT2D eigenvalue weighted by atomic mass is 16.6. The summed E-state index contributed by atoms with van der Waals surface area (Å²) in [6.07, 6.45) is 1.02. The number of amides is 1. The lowest BCUT2D eigenvalue weighted by molar-refractivity contribution is -0.383. The molecule has 0 unspecified atom stereocenters. The number of anilines is 1. The van der Waals surface area contributed by atoms with Crippen LogP contribution in [0.5, 0.6) is 0 Å². The van der Waals surface area contributed by atoms with Crippen molar-refractivity contribution in [3.63, 3.8) is 0 Å². The standard InChI is InChI=1S/C12H15N3O5/c13-9-5-4-8(7-10(9)15(19)20)12(18)14-6-2-1-3-11(16)17/h4-5,7H,1-3,6,13H2,(H,14,18)(H,16,17). The second kappa shape index (κ2) is 7.07. The number of nitrogens with one attached hydrogen (secondary N) is 1. The topological polar surface area (TPSA) is 136 Å². The summed E-state index contributed by atoms with van der Waals surface area (Å²) in [6, 6.07) is 3.81. The van der Waals surface area contributed by atoms with Gasteiger partial charge in [0, 0.05) is 24.6 Å². The molecule has 8 heteroatoms. The number of carboxylic acid groups (broad SMARTS) is 1. The molecule has 0 spiro atoms. The molecule has 0 radical (unpaired) electrons. The first-order chi connectivity index (χ1) is 9.41. The highest BCUT2D eigenvalue weighted by Gasteiger charge is 2.15. The fourth-order valence-electron chi connectivity index (χ4n) is 1.55. The van der Waals surface area contributed by atoms with Crippen molar-refractivity contribution in [2.75, 3.05) is 12.3 Å². The van der Waals surface area contributed by atoms with E-state index in [4.69, 9.17) is 10.8 Å². The second-order valence-electron chi connectivity index (χ2n) is 4.14. The van der Waals surface area contributed by atoms with Crippen molar-refractivity contribution in [1.29, 1.82) is 0 Å². The van der Waals surface area contributed by atoms with Crippen LogP contribution in [0.3, 0.4) is 0 Å². The van der Waals surface area contributed by atoms with Crippen molar-refractivity contribution in [3.8, 4) is 0 Å². The maximum atomic E-state index is 11.7. The summed E-state index contributed by atoms with van der Waals surface area (Å²) in [6.45, 7) is 0.310. The minimum Gasteiger partial charge on any atom is -0.481 e. The third-order valence-corrected chi connectivity index (χ3v) is 2.59. The number of carboxylic acids is 1. The Hall–Kier alpha value is -2.64. The molecule has 20 heavy (non-hydrogen) atoms. The van der Waals surface area contributed by atoms with E-state index in [1.165, 1.54) is 12.1 Å². The molecule has 1 aromatic carbocycles. The first-order valence-electron chi connectivity index (χ1n) is 5.95. The third-order valence-electron chi connectivity index (χ3n) is 2.59. The number of hydrogen-bond acceptors (Lipinski definition) is 5. The molecule has 0 aromatic heterocycles. The predicted molar refractivity (Wildman–Crippen MR) is 71.3 cm³/mol. The Morgan fingerprint density at radius 2 is 2.05 bits per heavy atom. The summed E-state index contributed by atoms with van der Waals surface area (Å²) < 4.78 is 0. The van der Waals surface area contributed by atoms with Crippen molar-refractivity contribution < 1.29 is 19.6 Å². The van der Waals surface area contributed by atoms with Gasteiger partial charge < -0.3 is 16.2 Å². The van der Waals surface area contributed by atoms with Crippen molar-refractivity contribution in [2.24, 2.45) is 0 Å². The number of nitro groups is 1. The van der Waals surface area contributed by atoms with E-state index in [0.717, 1.165) is 6.07 Å². The molecule has 8 nitrogen and oxygen atoms in total. The van der Waals surface area contributed by atoms with Crippen LogP contribution < -0.4 is 11.1 Å². The van der Waals surface area contributed by atoms with E-state index in [9.17, 15) is 19.7 Å². The summed E-state index contributed by atoms with van der Waals surface area (Å²) in [4.78, 5) is 32.1. The molecule has 108 valence electrons. The third kappa shape index (κ3) is 4.56. The molecule has 0 fully saturated rings. The Bertz CT molecular complexity index is 530. The summed E-state index contributed by atoms with van der Waals surface area (Å²) in [5.41, 5.74) is 5.25. The lowest BCUT2D eigenvalue weighted by Crippen LogP contribution is -2.24. The van der Waals surface area contributed by atoms with Gasteiger partial charge in [0.05, 0.1) is 4.92 Å². The number of nitro benzene ring substituents is 1. The normalized spacial score (nSPS) is 10.0. The SMILES string of the molecule is Nc1ccc(C(=O)NCCCCC(=O)O)cc1[N+](=O)[O-]. The molecule has 0 aliphatic heterocycles. The van der Waals surface area contributed by atoms with Crippen molar-refractivity contribution in [2.45, 2.75) is 19.3 Å². The van der Waals surface area contributed by atoms with Gasteiger partial charge in [-0.15, -0.1) is 0 Å². The lowest BCUT2D eigenvalue weighted by atomic mass is 10.1. The second-order valence-corrected chi connectivity index (χ2v) is 4.14. The van der Waals surface area contributed by atoms with Crippen molar-refractivity contribution in [1.82, 2.24) is 5.32 Å². The Balaban J connectivity index is 2.53. The van der Waals surface area contributed by atoms with Gasteiger partial charge in [-0.2, -0.15) is 0 Å². The van der Waals surface area contributed by atoms with Gasteiger partial charge in [-0.25, -0.2) is 0 Å². The number of hydrogen-bond donors (Lipinski definition) is 3. The highest BCUT2D eigenvalue weighted by molar-refractivity contribution is 5.95. The summed E-state index contributed by atoms with van der Waals surface area (Å²) in [7, 11) is 0. The van der Waals surface area contributed by atoms with E-state index in [1.54, 1.807) is 0 Å². The van der Waals surface area contributed by atoms with Gasteiger partial charge in [-0.1, -0.05) is 0 Å². The van der Waals surface area contributed by atoms with E-state index >= 15 is 0 Å². The van der Waals surface area contributed by atoms with Gasteiger partial charge in [0.25, 0.3) is 11.6 Å². The van der Waals surface area contributed by atoms with E-state index < -0.39 is 16.8 Å². The Kier molecular flexibility index (Phi) is 5.45. The molecule has 0 saturated carbocycles. The zero-order chi connectivity index (χ0) is 15.1. The van der Waals surface area contributed by atoms with Gasteiger partial charge in [-0.3, -0.25) is 19.7 Å². The molecule has 1 rings (SSSR count). The van der Waals surface area contributed by atoms with Gasteiger partial charge in [0.2, 0.25) is 0 Å². The molecule has 0 aliphatic rings. The van der Waals surface area contributed by atoms with Crippen LogP contribution in [0.2, 0.25) is 0 Å². The van der Waals surface area contributed by atoms with Crippen LogP contribution in [0.25, 0.3) is 0 Å². The number of aliphatic carboxylic acids is 1. The molecule has 0 saturated heterocycles. The zero-order valence-electron chi connectivity index (χ0n) is 10.7. The minimum absolute atomic E-state index is 0.00647. The average molecular weight is 281 g/mol. The summed E-state index contributed by atoms with van der Waals surface area (Å²) in [5, 5.41) is 21.7. The quantitative estimate of drug-likeness (QED) is 0.297. The van der Waals surface area contributed by atoms with Crippen LogP contribution in [0.15, 0.2) is 18.2 Å². The number of nitrogen functional groups attached to an aromatic ring is 1. The lowest BCUT2D eigenvalue weighted by Gasteiger charge is -2.05. The maximum Gasteiger partial charge on any atom is 0.303 e. The largest absolute Gasteiger partial charge is 0.481 e. The monoisotopic (exact) mass is 281 g/mol. The van der Waals surface area contributed by atoms with Gasteiger partial charge in [0.1, 0.15) is 5.69 Å². The molecule has 1 amide bonds. The Labute approximate surface area is 114 Å². The van der Waals surface area contributed by atoms with Gasteiger partial charge in [0.15, 0.2) is 0 Å². The van der Waals surface area contributed by atoms with Gasteiger partial charge in [-0.05, 0) is 25.0 Å². The highest BCUT2D eigenvalue weighted by Crippen LogP contribution is 2.22. The first kappa shape index (κ1) is 15.4. The van der Waals surface area contributed by atoms with Crippen LogP contribution >= 0.6 is 0 Å². The number of unbranched alkanes of at least 4 members (excludes halogenated alkanes) is 1. The van der Waals surface area contributed by atoms with Crippen molar-refractivity contribution in [3.05, 3.63) is 33.9 Å². The number of carbonyl (C=O) groups is 2. The number of nitrogens with two attached hydrogens (primary N) is 1. The minimum atomic E-state index is -0.884.